The second-order valence-electron chi connectivity index (χ2n) is 6.89. The zero-order chi connectivity index (χ0) is 18.1. The summed E-state index contributed by atoms with van der Waals surface area (Å²) in [5.74, 6) is 0.188. The van der Waals surface area contributed by atoms with Gasteiger partial charge in [-0.3, -0.25) is 9.10 Å². The maximum Gasteiger partial charge on any atom is 0.254 e. The third-order valence-corrected chi connectivity index (χ3v) is 7.04. The lowest BCUT2D eigenvalue weighted by Gasteiger charge is -2.30. The van der Waals surface area contributed by atoms with E-state index >= 15 is 0 Å². The zero-order valence-corrected chi connectivity index (χ0v) is 15.4. The SMILES string of the molecule is O=C(c1ccc(N2CCCCS2(=O)=O)cc1)N1CCc2ccccc2C1. The van der Waals surface area contributed by atoms with Crippen molar-refractivity contribution in [3.05, 3.63) is 65.2 Å². The third-order valence-electron chi connectivity index (χ3n) is 5.17. The molecule has 0 unspecified atom stereocenters. The van der Waals surface area contributed by atoms with Gasteiger partial charge in [-0.25, -0.2) is 8.42 Å². The molecule has 26 heavy (non-hydrogen) atoms. The Morgan fingerprint density at radius 1 is 0.885 bits per heavy atom. The predicted molar refractivity (Wildman–Crippen MR) is 102 cm³/mol. The van der Waals surface area contributed by atoms with Gasteiger partial charge in [0.25, 0.3) is 5.91 Å². The number of anilines is 1. The lowest BCUT2D eigenvalue weighted by Crippen LogP contribution is -2.38. The number of hydrogen-bond acceptors (Lipinski definition) is 3. The van der Waals surface area contributed by atoms with E-state index < -0.39 is 10.0 Å². The molecule has 0 bridgehead atoms. The van der Waals surface area contributed by atoms with Crippen LogP contribution >= 0.6 is 0 Å². The summed E-state index contributed by atoms with van der Waals surface area (Å²) in [4.78, 5) is 14.7. The number of carbonyl (C=O) groups excluding carboxylic acids is 1. The standard InChI is InChI=1S/C20H22N2O3S/c23-20(21-13-11-16-5-1-2-6-18(16)15-21)17-7-9-19(10-8-17)22-12-3-4-14-26(22,24)25/h1-2,5-10H,3-4,11-15H2. The average Bonchev–Trinajstić information content (AvgIpc) is 2.67. The van der Waals surface area contributed by atoms with E-state index in [9.17, 15) is 13.2 Å². The molecular formula is C20H22N2O3S. The maximum atomic E-state index is 12.8. The predicted octanol–water partition coefficient (Wildman–Crippen LogP) is 2.82. The summed E-state index contributed by atoms with van der Waals surface area (Å²) in [6.07, 6.45) is 2.45. The molecule has 4 rings (SSSR count). The van der Waals surface area contributed by atoms with E-state index in [0.717, 1.165) is 12.8 Å². The lowest BCUT2D eigenvalue weighted by molar-refractivity contribution is 0.0734. The number of nitrogens with zero attached hydrogens (tertiary/aromatic N) is 2. The number of hydrogen-bond donors (Lipinski definition) is 0. The van der Waals surface area contributed by atoms with E-state index in [-0.39, 0.29) is 11.7 Å². The number of carbonyl (C=O) groups is 1. The molecule has 6 heteroatoms. The largest absolute Gasteiger partial charge is 0.334 e. The van der Waals surface area contributed by atoms with Crippen LogP contribution in [0.5, 0.6) is 0 Å². The zero-order valence-electron chi connectivity index (χ0n) is 14.6. The molecule has 1 amide bonds. The summed E-state index contributed by atoms with van der Waals surface area (Å²) in [5.41, 5.74) is 3.75. The minimum atomic E-state index is -3.23. The molecule has 2 aromatic rings. The van der Waals surface area contributed by atoms with Crippen LogP contribution in [0.2, 0.25) is 0 Å². The van der Waals surface area contributed by atoms with Crippen molar-refractivity contribution in [2.45, 2.75) is 25.8 Å². The highest BCUT2D eigenvalue weighted by molar-refractivity contribution is 7.92. The molecule has 0 aromatic heterocycles. The van der Waals surface area contributed by atoms with Crippen molar-refractivity contribution >= 4 is 21.6 Å². The van der Waals surface area contributed by atoms with Gasteiger partial charge in [0.1, 0.15) is 0 Å². The van der Waals surface area contributed by atoms with Gasteiger partial charge in [-0.2, -0.15) is 0 Å². The highest BCUT2D eigenvalue weighted by Crippen LogP contribution is 2.25. The Kier molecular flexibility index (Phi) is 4.44. The number of rotatable bonds is 2. The lowest BCUT2D eigenvalue weighted by atomic mass is 9.99. The molecule has 1 fully saturated rings. The van der Waals surface area contributed by atoms with Crippen molar-refractivity contribution in [2.24, 2.45) is 0 Å². The second-order valence-corrected chi connectivity index (χ2v) is 8.90. The van der Waals surface area contributed by atoms with Crippen LogP contribution < -0.4 is 4.31 Å². The number of sulfonamides is 1. The van der Waals surface area contributed by atoms with Crippen molar-refractivity contribution in [3.8, 4) is 0 Å². The molecule has 2 aliphatic heterocycles. The van der Waals surface area contributed by atoms with Gasteiger partial charge in [-0.05, 0) is 54.7 Å². The quantitative estimate of drug-likeness (QED) is 0.817. The van der Waals surface area contributed by atoms with Gasteiger partial charge >= 0.3 is 0 Å². The molecule has 0 saturated carbocycles. The summed E-state index contributed by atoms with van der Waals surface area (Å²) in [6, 6.07) is 15.2. The summed E-state index contributed by atoms with van der Waals surface area (Å²) < 4.78 is 25.9. The molecule has 0 radical (unpaired) electrons. The molecule has 1 saturated heterocycles. The number of fused-ring (bicyclic) bond motifs is 1. The summed E-state index contributed by atoms with van der Waals surface area (Å²) >= 11 is 0. The topological polar surface area (TPSA) is 57.7 Å². The summed E-state index contributed by atoms with van der Waals surface area (Å²) in [6.45, 7) is 1.84. The molecule has 2 aliphatic rings. The normalized spacial score (nSPS) is 19.1. The Balaban J connectivity index is 1.51. The van der Waals surface area contributed by atoms with Gasteiger partial charge in [0.2, 0.25) is 10.0 Å². The molecule has 2 heterocycles. The van der Waals surface area contributed by atoms with Gasteiger partial charge in [0.05, 0.1) is 11.4 Å². The van der Waals surface area contributed by atoms with Gasteiger partial charge < -0.3 is 4.90 Å². The number of amides is 1. The number of benzene rings is 2. The fraction of sp³-hybridized carbons (Fsp3) is 0.350. The van der Waals surface area contributed by atoms with Crippen LogP contribution in [0.15, 0.2) is 48.5 Å². The first-order valence-electron chi connectivity index (χ1n) is 9.01. The molecule has 0 N–H and O–H groups in total. The molecular weight excluding hydrogens is 348 g/mol. The maximum absolute atomic E-state index is 12.8. The molecule has 0 aliphatic carbocycles. The van der Waals surface area contributed by atoms with Crippen molar-refractivity contribution in [2.75, 3.05) is 23.1 Å². The Morgan fingerprint density at radius 3 is 2.35 bits per heavy atom. The first kappa shape index (κ1) is 17.1. The Labute approximate surface area is 154 Å². The van der Waals surface area contributed by atoms with Crippen LogP contribution in [-0.4, -0.2) is 38.1 Å². The van der Waals surface area contributed by atoms with E-state index in [4.69, 9.17) is 0 Å². The molecule has 5 nitrogen and oxygen atoms in total. The van der Waals surface area contributed by atoms with Crippen molar-refractivity contribution in [1.29, 1.82) is 0 Å². The van der Waals surface area contributed by atoms with E-state index in [0.29, 0.717) is 37.3 Å². The van der Waals surface area contributed by atoms with Crippen LogP contribution in [-0.2, 0) is 23.0 Å². The summed E-state index contributed by atoms with van der Waals surface area (Å²) in [5, 5.41) is 0. The fourth-order valence-electron chi connectivity index (χ4n) is 3.70. The van der Waals surface area contributed by atoms with Crippen molar-refractivity contribution in [1.82, 2.24) is 4.90 Å². The third kappa shape index (κ3) is 3.21. The molecule has 2 aromatic carbocycles. The average molecular weight is 370 g/mol. The van der Waals surface area contributed by atoms with Crippen LogP contribution in [0.4, 0.5) is 5.69 Å². The molecule has 0 atom stereocenters. The van der Waals surface area contributed by atoms with E-state index in [1.807, 2.05) is 17.0 Å². The van der Waals surface area contributed by atoms with Crippen LogP contribution in [0.1, 0.15) is 34.3 Å². The van der Waals surface area contributed by atoms with Crippen LogP contribution in [0.25, 0.3) is 0 Å². The second kappa shape index (κ2) is 6.76. The van der Waals surface area contributed by atoms with E-state index in [1.54, 1.807) is 24.3 Å². The smallest absolute Gasteiger partial charge is 0.254 e. The summed E-state index contributed by atoms with van der Waals surface area (Å²) in [7, 11) is -3.23. The van der Waals surface area contributed by atoms with Crippen LogP contribution in [0, 0.1) is 0 Å². The minimum absolute atomic E-state index is 0.00689. The van der Waals surface area contributed by atoms with Crippen molar-refractivity contribution < 1.29 is 13.2 Å². The Morgan fingerprint density at radius 2 is 1.62 bits per heavy atom. The van der Waals surface area contributed by atoms with Gasteiger partial charge in [-0.15, -0.1) is 0 Å². The van der Waals surface area contributed by atoms with Crippen molar-refractivity contribution in [3.63, 3.8) is 0 Å². The molecule has 0 spiro atoms. The van der Waals surface area contributed by atoms with E-state index in [2.05, 4.69) is 12.1 Å². The Bertz CT molecular complexity index is 922. The first-order valence-corrected chi connectivity index (χ1v) is 10.6. The molecule has 136 valence electrons. The Hall–Kier alpha value is -2.34. The fourth-order valence-corrected chi connectivity index (χ4v) is 5.34. The highest BCUT2D eigenvalue weighted by Gasteiger charge is 2.26. The van der Waals surface area contributed by atoms with Gasteiger partial charge in [0.15, 0.2) is 0 Å². The minimum Gasteiger partial charge on any atom is -0.334 e. The van der Waals surface area contributed by atoms with Crippen LogP contribution in [0.3, 0.4) is 0 Å². The van der Waals surface area contributed by atoms with Gasteiger partial charge in [0, 0.05) is 25.2 Å². The first-order chi connectivity index (χ1) is 12.5. The van der Waals surface area contributed by atoms with Gasteiger partial charge in [-0.1, -0.05) is 24.3 Å². The van der Waals surface area contributed by atoms with E-state index in [1.165, 1.54) is 15.4 Å². The monoisotopic (exact) mass is 370 g/mol. The highest BCUT2D eigenvalue weighted by atomic mass is 32.2.